The van der Waals surface area contributed by atoms with Crippen molar-refractivity contribution >= 4 is 39.3 Å². The summed E-state index contributed by atoms with van der Waals surface area (Å²) in [5.41, 5.74) is 0. The number of carbonyl (C=O) groups excluding carboxylic acids is 1. The summed E-state index contributed by atoms with van der Waals surface area (Å²) in [5, 5.41) is 10.8. The standard InChI is InChI=1S/C17H22ClN5O3S2/c1-12-20-17(22-21-12)27-10-8-19-16(24)13-3-2-9-23(11-13)28(25,26)15-6-4-14(18)5-7-15/h4-7,13H,2-3,8-11H2,1H3,(H,19,24)(H,20,21,22)/t13-/m1/s1. The van der Waals surface area contributed by atoms with Crippen LogP contribution in [-0.4, -0.2) is 59.2 Å². The van der Waals surface area contributed by atoms with Gasteiger partial charge in [-0.3, -0.25) is 9.89 Å². The van der Waals surface area contributed by atoms with Crippen molar-refractivity contribution in [3.05, 3.63) is 35.1 Å². The maximum atomic E-state index is 12.8. The number of aromatic amines is 1. The Morgan fingerprint density at radius 2 is 2.14 bits per heavy atom. The molecule has 8 nitrogen and oxygen atoms in total. The predicted molar refractivity (Wildman–Crippen MR) is 108 cm³/mol. The van der Waals surface area contributed by atoms with E-state index in [2.05, 4.69) is 20.5 Å². The van der Waals surface area contributed by atoms with Crippen molar-refractivity contribution in [1.29, 1.82) is 0 Å². The number of benzene rings is 1. The van der Waals surface area contributed by atoms with Crippen molar-refractivity contribution in [3.63, 3.8) is 0 Å². The molecular formula is C17H22ClN5O3S2. The van der Waals surface area contributed by atoms with Crippen LogP contribution in [0.15, 0.2) is 34.3 Å². The van der Waals surface area contributed by atoms with Gasteiger partial charge >= 0.3 is 0 Å². The van der Waals surface area contributed by atoms with Crippen molar-refractivity contribution in [1.82, 2.24) is 24.8 Å². The van der Waals surface area contributed by atoms with E-state index in [9.17, 15) is 13.2 Å². The highest BCUT2D eigenvalue weighted by atomic mass is 35.5. The normalized spacial score (nSPS) is 18.1. The van der Waals surface area contributed by atoms with Gasteiger partial charge in [0.1, 0.15) is 5.82 Å². The summed E-state index contributed by atoms with van der Waals surface area (Å²) in [5.74, 6) is 0.910. The monoisotopic (exact) mass is 443 g/mol. The lowest BCUT2D eigenvalue weighted by Crippen LogP contribution is -2.45. The molecular weight excluding hydrogens is 422 g/mol. The summed E-state index contributed by atoms with van der Waals surface area (Å²) in [6.45, 7) is 2.89. The van der Waals surface area contributed by atoms with Crippen molar-refractivity contribution in [2.45, 2.75) is 29.8 Å². The minimum atomic E-state index is -3.63. The average Bonchev–Trinajstić information content (AvgIpc) is 3.10. The van der Waals surface area contributed by atoms with Crippen LogP contribution in [0.25, 0.3) is 0 Å². The number of H-pyrrole nitrogens is 1. The van der Waals surface area contributed by atoms with Gasteiger partial charge in [-0.2, -0.15) is 4.31 Å². The molecule has 0 unspecified atom stereocenters. The fourth-order valence-electron chi connectivity index (χ4n) is 2.98. The lowest BCUT2D eigenvalue weighted by Gasteiger charge is -2.31. The van der Waals surface area contributed by atoms with E-state index in [-0.39, 0.29) is 23.3 Å². The van der Waals surface area contributed by atoms with Crippen LogP contribution in [0.1, 0.15) is 18.7 Å². The topological polar surface area (TPSA) is 108 Å². The summed E-state index contributed by atoms with van der Waals surface area (Å²) in [6.07, 6.45) is 1.32. The van der Waals surface area contributed by atoms with Crippen LogP contribution in [-0.2, 0) is 14.8 Å². The third-order valence-electron chi connectivity index (χ3n) is 4.42. The molecule has 1 aromatic carbocycles. The Kier molecular flexibility index (Phi) is 6.97. The molecule has 0 radical (unpaired) electrons. The van der Waals surface area contributed by atoms with Crippen LogP contribution in [0.5, 0.6) is 0 Å². The smallest absolute Gasteiger partial charge is 0.243 e. The third-order valence-corrected chi connectivity index (χ3v) is 7.40. The van der Waals surface area contributed by atoms with E-state index >= 15 is 0 Å². The number of halogens is 1. The summed E-state index contributed by atoms with van der Waals surface area (Å²) in [7, 11) is -3.63. The third kappa shape index (κ3) is 5.25. The number of amides is 1. The Labute approximate surface area is 173 Å². The van der Waals surface area contributed by atoms with Gasteiger partial charge in [0, 0.05) is 30.4 Å². The van der Waals surface area contributed by atoms with E-state index < -0.39 is 10.0 Å². The molecule has 1 aliphatic heterocycles. The van der Waals surface area contributed by atoms with Crippen LogP contribution in [0.3, 0.4) is 0 Å². The van der Waals surface area contributed by atoms with Gasteiger partial charge < -0.3 is 5.32 Å². The minimum Gasteiger partial charge on any atom is -0.355 e. The van der Waals surface area contributed by atoms with Crippen molar-refractivity contribution in [2.24, 2.45) is 5.92 Å². The van der Waals surface area contributed by atoms with E-state index in [1.165, 1.54) is 28.2 Å². The van der Waals surface area contributed by atoms with E-state index in [1.807, 2.05) is 6.92 Å². The second-order valence-electron chi connectivity index (χ2n) is 6.50. The van der Waals surface area contributed by atoms with Crippen LogP contribution < -0.4 is 5.32 Å². The first-order valence-electron chi connectivity index (χ1n) is 8.91. The highest BCUT2D eigenvalue weighted by Gasteiger charge is 2.33. The number of hydrogen-bond acceptors (Lipinski definition) is 6. The van der Waals surface area contributed by atoms with Gasteiger partial charge in [-0.25, -0.2) is 13.4 Å². The van der Waals surface area contributed by atoms with Crippen LogP contribution in [0.4, 0.5) is 0 Å². The molecule has 1 aliphatic rings. The molecule has 1 fully saturated rings. The quantitative estimate of drug-likeness (QED) is 0.501. The lowest BCUT2D eigenvalue weighted by molar-refractivity contribution is -0.125. The van der Waals surface area contributed by atoms with Gasteiger partial charge in [-0.05, 0) is 44.0 Å². The number of aryl methyl sites for hydroxylation is 1. The Balaban J connectivity index is 1.52. The molecule has 0 saturated carbocycles. The van der Waals surface area contributed by atoms with Crippen LogP contribution in [0, 0.1) is 12.8 Å². The zero-order chi connectivity index (χ0) is 20.1. The lowest BCUT2D eigenvalue weighted by atomic mass is 9.99. The second-order valence-corrected chi connectivity index (χ2v) is 9.94. The molecule has 1 saturated heterocycles. The fraction of sp³-hybridized carbons (Fsp3) is 0.471. The SMILES string of the molecule is Cc1nc(SCCNC(=O)[C@@H]2CCCN(S(=O)(=O)c3ccc(Cl)cc3)C2)n[nH]1. The van der Waals surface area contributed by atoms with E-state index in [0.717, 1.165) is 5.82 Å². The number of sulfonamides is 1. The molecule has 3 rings (SSSR count). The first kappa shape index (κ1) is 21.1. The van der Waals surface area contributed by atoms with Crippen molar-refractivity contribution < 1.29 is 13.2 Å². The minimum absolute atomic E-state index is 0.122. The largest absolute Gasteiger partial charge is 0.355 e. The number of carbonyl (C=O) groups is 1. The molecule has 152 valence electrons. The molecule has 28 heavy (non-hydrogen) atoms. The molecule has 1 amide bonds. The average molecular weight is 444 g/mol. The van der Waals surface area contributed by atoms with Gasteiger partial charge in [-0.15, -0.1) is 5.10 Å². The molecule has 0 bridgehead atoms. The molecule has 11 heteroatoms. The number of nitrogens with zero attached hydrogens (tertiary/aromatic N) is 3. The number of nitrogens with one attached hydrogen (secondary N) is 2. The zero-order valence-corrected chi connectivity index (χ0v) is 17.8. The van der Waals surface area contributed by atoms with Gasteiger partial charge in [0.2, 0.25) is 21.1 Å². The highest BCUT2D eigenvalue weighted by molar-refractivity contribution is 7.99. The van der Waals surface area contributed by atoms with Gasteiger partial charge in [0.05, 0.1) is 10.8 Å². The summed E-state index contributed by atoms with van der Waals surface area (Å²) < 4.78 is 27.0. The Bertz CT molecular complexity index is 917. The predicted octanol–water partition coefficient (Wildman–Crippen LogP) is 2.08. The van der Waals surface area contributed by atoms with Crippen LogP contribution in [0.2, 0.25) is 5.02 Å². The number of aromatic nitrogens is 3. The zero-order valence-electron chi connectivity index (χ0n) is 15.4. The molecule has 2 N–H and O–H groups in total. The van der Waals surface area contributed by atoms with Gasteiger partial charge in [0.25, 0.3) is 0 Å². The number of rotatable bonds is 7. The number of thioether (sulfide) groups is 1. The molecule has 2 heterocycles. The molecule has 1 aromatic heterocycles. The maximum absolute atomic E-state index is 12.8. The fourth-order valence-corrected chi connectivity index (χ4v) is 5.33. The van der Waals surface area contributed by atoms with Crippen LogP contribution >= 0.6 is 23.4 Å². The van der Waals surface area contributed by atoms with Gasteiger partial charge in [-0.1, -0.05) is 23.4 Å². The Morgan fingerprint density at radius 3 is 2.82 bits per heavy atom. The van der Waals surface area contributed by atoms with Crippen molar-refractivity contribution in [2.75, 3.05) is 25.4 Å². The van der Waals surface area contributed by atoms with Gasteiger partial charge in [0.15, 0.2) is 0 Å². The molecule has 0 spiro atoms. The maximum Gasteiger partial charge on any atom is 0.243 e. The number of hydrogen-bond donors (Lipinski definition) is 2. The molecule has 2 aromatic rings. The highest BCUT2D eigenvalue weighted by Crippen LogP contribution is 2.25. The molecule has 1 atom stereocenters. The van der Waals surface area contributed by atoms with E-state index in [0.29, 0.717) is 41.9 Å². The second kappa shape index (κ2) is 9.25. The first-order valence-corrected chi connectivity index (χ1v) is 11.7. The summed E-state index contributed by atoms with van der Waals surface area (Å²) in [6, 6.07) is 6.08. The van der Waals surface area contributed by atoms with E-state index in [4.69, 9.17) is 11.6 Å². The Morgan fingerprint density at radius 1 is 1.39 bits per heavy atom. The first-order chi connectivity index (χ1) is 13.4. The van der Waals surface area contributed by atoms with E-state index in [1.54, 1.807) is 12.1 Å². The summed E-state index contributed by atoms with van der Waals surface area (Å²) >= 11 is 7.29. The van der Waals surface area contributed by atoms with Crippen molar-refractivity contribution in [3.8, 4) is 0 Å². The summed E-state index contributed by atoms with van der Waals surface area (Å²) in [4.78, 5) is 16.9. The molecule has 0 aliphatic carbocycles. The Hall–Kier alpha value is -1.62. The number of piperidine rings is 1.